The second kappa shape index (κ2) is 10.1. The second-order valence-corrected chi connectivity index (χ2v) is 8.02. The first-order valence-corrected chi connectivity index (χ1v) is 10.9. The predicted molar refractivity (Wildman–Crippen MR) is 120 cm³/mol. The number of amidine groups is 1. The number of para-hydroxylation sites is 2. The molecule has 0 unspecified atom stereocenters. The zero-order valence-corrected chi connectivity index (χ0v) is 18.1. The average Bonchev–Trinajstić information content (AvgIpc) is 2.93. The first-order valence-electron chi connectivity index (χ1n) is 10.5. The molecule has 0 radical (unpaired) electrons. The lowest BCUT2D eigenvalue weighted by Crippen LogP contribution is -2.49. The maximum Gasteiger partial charge on any atom is 0.303 e. The molecule has 2 aliphatic heterocycles. The Morgan fingerprint density at radius 1 is 1.10 bits per heavy atom. The van der Waals surface area contributed by atoms with E-state index in [-0.39, 0.29) is 6.42 Å². The van der Waals surface area contributed by atoms with Crippen LogP contribution in [0.1, 0.15) is 18.4 Å². The number of halogens is 1. The standard InChI is InChI=1S/C23H26ClN3O4/c24-17-7-8-20-18(16-17)23(25-19-4-1-2-5-21(19)31-20)27-11-9-26(10-12-27)13-15-30-14-3-6-22(28)29/h1-2,4-5,7-8,16H,3,6,9-15H2,(H,28,29). The first kappa shape index (κ1) is 21.6. The van der Waals surface area contributed by atoms with Gasteiger partial charge in [0.1, 0.15) is 17.3 Å². The lowest BCUT2D eigenvalue weighted by atomic mass is 10.1. The van der Waals surface area contributed by atoms with Crippen LogP contribution >= 0.6 is 11.6 Å². The van der Waals surface area contributed by atoms with Crippen LogP contribution in [0.2, 0.25) is 5.02 Å². The van der Waals surface area contributed by atoms with Crippen molar-refractivity contribution in [2.24, 2.45) is 4.99 Å². The molecule has 0 saturated carbocycles. The highest BCUT2D eigenvalue weighted by molar-refractivity contribution is 6.31. The zero-order chi connectivity index (χ0) is 21.6. The van der Waals surface area contributed by atoms with Crippen molar-refractivity contribution in [3.05, 3.63) is 53.1 Å². The molecule has 0 bridgehead atoms. The summed E-state index contributed by atoms with van der Waals surface area (Å²) in [5.74, 6) is 1.59. The maximum absolute atomic E-state index is 10.5. The van der Waals surface area contributed by atoms with Crippen LogP contribution in [0.15, 0.2) is 47.5 Å². The van der Waals surface area contributed by atoms with Gasteiger partial charge in [0.25, 0.3) is 0 Å². The van der Waals surface area contributed by atoms with E-state index in [0.717, 1.165) is 61.3 Å². The van der Waals surface area contributed by atoms with E-state index in [0.29, 0.717) is 24.7 Å². The van der Waals surface area contributed by atoms with Gasteiger partial charge in [-0.05, 0) is 36.8 Å². The molecule has 0 atom stereocenters. The predicted octanol–water partition coefficient (Wildman–Crippen LogP) is 4.02. The third-order valence-corrected chi connectivity index (χ3v) is 5.63. The van der Waals surface area contributed by atoms with E-state index in [1.165, 1.54) is 0 Å². The van der Waals surface area contributed by atoms with Crippen molar-refractivity contribution in [2.45, 2.75) is 12.8 Å². The fraction of sp³-hybridized carbons (Fsp3) is 0.391. The number of carboxylic acids is 1. The van der Waals surface area contributed by atoms with Crippen LogP contribution in [0, 0.1) is 0 Å². The molecular weight excluding hydrogens is 418 g/mol. The molecule has 2 heterocycles. The molecule has 0 amide bonds. The summed E-state index contributed by atoms with van der Waals surface area (Å²) in [4.78, 5) is 20.1. The minimum atomic E-state index is -0.781. The van der Waals surface area contributed by atoms with E-state index in [4.69, 9.17) is 31.2 Å². The van der Waals surface area contributed by atoms with Crippen molar-refractivity contribution >= 4 is 29.1 Å². The van der Waals surface area contributed by atoms with Crippen LogP contribution in [0.4, 0.5) is 5.69 Å². The van der Waals surface area contributed by atoms with Gasteiger partial charge in [-0.1, -0.05) is 23.7 Å². The SMILES string of the molecule is O=C(O)CCCOCCN1CCN(C2=Nc3ccccc3Oc3ccc(Cl)cc32)CC1. The summed E-state index contributed by atoms with van der Waals surface area (Å²) in [5.41, 5.74) is 1.71. The molecule has 1 fully saturated rings. The van der Waals surface area contributed by atoms with Crippen LogP contribution in [0.5, 0.6) is 11.5 Å². The number of hydrogen-bond acceptors (Lipinski definition) is 6. The number of fused-ring (bicyclic) bond motifs is 2. The highest BCUT2D eigenvalue weighted by Gasteiger charge is 2.26. The van der Waals surface area contributed by atoms with Gasteiger partial charge in [-0.3, -0.25) is 9.69 Å². The smallest absolute Gasteiger partial charge is 0.303 e. The number of piperazine rings is 1. The fourth-order valence-corrected chi connectivity index (χ4v) is 3.91. The summed E-state index contributed by atoms with van der Waals surface area (Å²) in [6, 6.07) is 13.4. The van der Waals surface area contributed by atoms with E-state index in [1.54, 1.807) is 0 Å². The minimum Gasteiger partial charge on any atom is -0.481 e. The molecule has 8 heteroatoms. The van der Waals surface area contributed by atoms with Crippen molar-refractivity contribution in [1.82, 2.24) is 9.80 Å². The summed E-state index contributed by atoms with van der Waals surface area (Å²) in [6.07, 6.45) is 0.702. The molecule has 164 valence electrons. The van der Waals surface area contributed by atoms with E-state index in [1.807, 2.05) is 42.5 Å². The molecule has 2 aromatic rings. The van der Waals surface area contributed by atoms with E-state index < -0.39 is 5.97 Å². The Hall–Kier alpha value is -2.61. The molecule has 0 spiro atoms. The molecule has 7 nitrogen and oxygen atoms in total. The zero-order valence-electron chi connectivity index (χ0n) is 17.3. The highest BCUT2D eigenvalue weighted by Crippen LogP contribution is 2.38. The minimum absolute atomic E-state index is 0.152. The van der Waals surface area contributed by atoms with Gasteiger partial charge in [-0.15, -0.1) is 0 Å². The topological polar surface area (TPSA) is 74.6 Å². The summed E-state index contributed by atoms with van der Waals surface area (Å²) >= 11 is 6.30. The van der Waals surface area contributed by atoms with Crippen LogP contribution in [0.3, 0.4) is 0 Å². The number of nitrogens with zero attached hydrogens (tertiary/aromatic N) is 3. The van der Waals surface area contributed by atoms with Crippen LogP contribution in [-0.2, 0) is 9.53 Å². The van der Waals surface area contributed by atoms with Crippen LogP contribution < -0.4 is 4.74 Å². The monoisotopic (exact) mass is 443 g/mol. The van der Waals surface area contributed by atoms with Crippen LogP contribution in [-0.4, -0.2) is 72.6 Å². The van der Waals surface area contributed by atoms with Gasteiger partial charge in [-0.25, -0.2) is 4.99 Å². The van der Waals surface area contributed by atoms with Crippen molar-refractivity contribution in [1.29, 1.82) is 0 Å². The summed E-state index contributed by atoms with van der Waals surface area (Å²) in [7, 11) is 0. The van der Waals surface area contributed by atoms with Crippen molar-refractivity contribution < 1.29 is 19.4 Å². The number of aliphatic carboxylic acids is 1. The summed E-state index contributed by atoms with van der Waals surface area (Å²) < 4.78 is 11.7. The molecule has 1 saturated heterocycles. The molecule has 2 aromatic carbocycles. The number of benzene rings is 2. The van der Waals surface area contributed by atoms with Gasteiger partial charge in [0, 0.05) is 50.8 Å². The Morgan fingerprint density at radius 2 is 1.90 bits per heavy atom. The summed E-state index contributed by atoms with van der Waals surface area (Å²) in [5, 5.41) is 9.31. The Morgan fingerprint density at radius 3 is 2.71 bits per heavy atom. The quantitative estimate of drug-likeness (QED) is 0.651. The second-order valence-electron chi connectivity index (χ2n) is 7.58. The largest absolute Gasteiger partial charge is 0.481 e. The molecule has 0 aromatic heterocycles. The molecule has 0 aliphatic carbocycles. The highest BCUT2D eigenvalue weighted by atomic mass is 35.5. The third-order valence-electron chi connectivity index (χ3n) is 5.40. The van der Waals surface area contributed by atoms with Gasteiger partial charge in [0.05, 0.1) is 12.2 Å². The molecule has 2 aliphatic rings. The first-order chi connectivity index (χ1) is 15.1. The lowest BCUT2D eigenvalue weighted by molar-refractivity contribution is -0.137. The van der Waals surface area contributed by atoms with Crippen LogP contribution in [0.25, 0.3) is 0 Å². The average molecular weight is 444 g/mol. The number of rotatable bonds is 7. The number of carbonyl (C=O) groups is 1. The normalized spacial score (nSPS) is 16.0. The number of aliphatic imine (C=N–C) groups is 1. The third kappa shape index (κ3) is 5.55. The number of ether oxygens (including phenoxy) is 2. The van der Waals surface area contributed by atoms with E-state index in [2.05, 4.69) is 9.80 Å². The van der Waals surface area contributed by atoms with Crippen molar-refractivity contribution in [3.63, 3.8) is 0 Å². The van der Waals surface area contributed by atoms with Gasteiger partial charge < -0.3 is 19.5 Å². The molecule has 1 N–H and O–H groups in total. The van der Waals surface area contributed by atoms with E-state index >= 15 is 0 Å². The Balaban J connectivity index is 1.39. The Kier molecular flexibility index (Phi) is 7.06. The van der Waals surface area contributed by atoms with Gasteiger partial charge in [0.15, 0.2) is 5.75 Å². The van der Waals surface area contributed by atoms with Gasteiger partial charge in [0.2, 0.25) is 0 Å². The molecule has 4 rings (SSSR count). The fourth-order valence-electron chi connectivity index (χ4n) is 3.74. The molecular formula is C23H26ClN3O4. The van der Waals surface area contributed by atoms with Gasteiger partial charge >= 0.3 is 5.97 Å². The lowest BCUT2D eigenvalue weighted by Gasteiger charge is -2.36. The summed E-state index contributed by atoms with van der Waals surface area (Å²) in [6.45, 7) is 5.41. The Bertz CT molecular complexity index is 958. The van der Waals surface area contributed by atoms with E-state index in [9.17, 15) is 4.79 Å². The maximum atomic E-state index is 10.5. The number of hydrogen-bond donors (Lipinski definition) is 1. The van der Waals surface area contributed by atoms with Crippen molar-refractivity contribution in [3.8, 4) is 11.5 Å². The van der Waals surface area contributed by atoms with Crippen molar-refractivity contribution in [2.75, 3.05) is 45.9 Å². The van der Waals surface area contributed by atoms with Gasteiger partial charge in [-0.2, -0.15) is 0 Å². The molecule has 31 heavy (non-hydrogen) atoms. The number of carboxylic acid groups (broad SMARTS) is 1. The Labute approximate surface area is 186 Å².